The molecule has 0 heterocycles. The summed E-state index contributed by atoms with van der Waals surface area (Å²) in [5.41, 5.74) is 19.5. The third-order valence-electron chi connectivity index (χ3n) is 3.21. The molecule has 8 nitrogen and oxygen atoms in total. The number of primary amides is 4. The molecule has 0 bridgehead atoms. The normalized spacial score (nSPS) is 9.67. The van der Waals surface area contributed by atoms with E-state index in [0.29, 0.717) is 12.8 Å². The topological polar surface area (TPSA) is 172 Å². The minimum absolute atomic E-state index is 0.0509. The number of nitrogens with two attached hydrogens (primary N) is 4. The van der Waals surface area contributed by atoms with Crippen molar-refractivity contribution in [2.24, 2.45) is 22.9 Å². The highest BCUT2D eigenvalue weighted by Gasteiger charge is 1.97. The number of hydrogen-bond donors (Lipinski definition) is 4. The molecule has 0 saturated carbocycles. The summed E-state index contributed by atoms with van der Waals surface area (Å²) in [5, 5.41) is 0. The van der Waals surface area contributed by atoms with E-state index in [1.165, 1.54) is 25.7 Å². The van der Waals surface area contributed by atoms with Gasteiger partial charge in [-0.1, -0.05) is 38.5 Å². The van der Waals surface area contributed by atoms with Gasteiger partial charge in [-0.25, -0.2) is 0 Å². The maximum atomic E-state index is 10.4. The molecule has 0 atom stereocenters. The van der Waals surface area contributed by atoms with Crippen molar-refractivity contribution in [1.29, 1.82) is 0 Å². The molecule has 0 spiro atoms. The zero-order valence-corrected chi connectivity index (χ0v) is 14.4. The lowest BCUT2D eigenvalue weighted by molar-refractivity contribution is -0.123. The van der Waals surface area contributed by atoms with Crippen LogP contribution < -0.4 is 22.9 Å². The number of carbonyl (C=O) groups excluding carboxylic acids is 4. The van der Waals surface area contributed by atoms with E-state index in [0.717, 1.165) is 25.7 Å². The van der Waals surface area contributed by atoms with Crippen LogP contribution in [-0.2, 0) is 19.2 Å². The van der Waals surface area contributed by atoms with Crippen molar-refractivity contribution < 1.29 is 19.2 Å². The van der Waals surface area contributed by atoms with Gasteiger partial charge in [0.25, 0.3) is 0 Å². The van der Waals surface area contributed by atoms with Crippen LogP contribution in [0.15, 0.2) is 0 Å². The van der Waals surface area contributed by atoms with Gasteiger partial charge in [0.15, 0.2) is 0 Å². The molecule has 0 radical (unpaired) electrons. The summed E-state index contributed by atoms with van der Waals surface area (Å²) in [6.45, 7) is 0. The minimum Gasteiger partial charge on any atom is -0.370 e. The summed E-state index contributed by atoms with van der Waals surface area (Å²) < 4.78 is 0. The van der Waals surface area contributed by atoms with Gasteiger partial charge in [0.1, 0.15) is 0 Å². The number of unbranched alkanes of at least 4 members (excludes halogenated alkanes) is 7. The van der Waals surface area contributed by atoms with Crippen molar-refractivity contribution >= 4 is 23.6 Å². The second-order valence-electron chi connectivity index (χ2n) is 5.69. The average Bonchev–Trinajstić information content (AvgIpc) is 2.47. The van der Waals surface area contributed by atoms with Gasteiger partial charge in [-0.15, -0.1) is 0 Å². The third-order valence-corrected chi connectivity index (χ3v) is 3.21. The Morgan fingerprint density at radius 3 is 0.792 bits per heavy atom. The summed E-state index contributed by atoms with van der Waals surface area (Å²) in [6.07, 6.45) is 9.88. The van der Waals surface area contributed by atoms with E-state index in [4.69, 9.17) is 22.9 Å². The Morgan fingerprint density at radius 2 is 0.583 bits per heavy atom. The van der Waals surface area contributed by atoms with Crippen LogP contribution in [0, 0.1) is 0 Å². The van der Waals surface area contributed by atoms with Crippen LogP contribution in [0.1, 0.15) is 77.0 Å². The SMILES string of the molecule is NC(=O)CCC(N)=O.NC(=O)CCCCCCCCCCC(N)=O. The first-order valence-corrected chi connectivity index (χ1v) is 8.39. The molecule has 0 aromatic heterocycles. The zero-order valence-electron chi connectivity index (χ0n) is 14.4. The largest absolute Gasteiger partial charge is 0.370 e. The smallest absolute Gasteiger partial charge is 0.217 e. The maximum Gasteiger partial charge on any atom is 0.217 e. The van der Waals surface area contributed by atoms with Crippen LogP contribution in [0.25, 0.3) is 0 Å². The predicted octanol–water partition coefficient (Wildman–Crippen LogP) is 0.595. The fourth-order valence-corrected chi connectivity index (χ4v) is 1.91. The molecule has 0 unspecified atom stereocenters. The van der Waals surface area contributed by atoms with Gasteiger partial charge in [-0.2, -0.15) is 0 Å². The highest BCUT2D eigenvalue weighted by molar-refractivity contribution is 5.81. The summed E-state index contributed by atoms with van der Waals surface area (Å²) in [7, 11) is 0. The van der Waals surface area contributed by atoms with E-state index < -0.39 is 11.8 Å². The monoisotopic (exact) mass is 344 g/mol. The van der Waals surface area contributed by atoms with E-state index in [-0.39, 0.29) is 24.7 Å². The first-order chi connectivity index (χ1) is 11.3. The van der Waals surface area contributed by atoms with Gasteiger partial charge in [0.2, 0.25) is 23.6 Å². The Bertz CT molecular complexity index is 350. The number of amides is 4. The molecule has 0 aliphatic heterocycles. The third kappa shape index (κ3) is 28.1. The van der Waals surface area contributed by atoms with Crippen molar-refractivity contribution in [2.45, 2.75) is 77.0 Å². The van der Waals surface area contributed by atoms with Crippen molar-refractivity contribution in [3.8, 4) is 0 Å². The molecular weight excluding hydrogens is 312 g/mol. The van der Waals surface area contributed by atoms with Crippen molar-refractivity contribution in [3.63, 3.8) is 0 Å². The van der Waals surface area contributed by atoms with E-state index in [2.05, 4.69) is 0 Å². The van der Waals surface area contributed by atoms with Gasteiger partial charge in [0, 0.05) is 25.7 Å². The van der Waals surface area contributed by atoms with Crippen molar-refractivity contribution in [1.82, 2.24) is 0 Å². The number of hydrogen-bond acceptors (Lipinski definition) is 4. The average molecular weight is 344 g/mol. The van der Waals surface area contributed by atoms with Crippen LogP contribution in [-0.4, -0.2) is 23.6 Å². The van der Waals surface area contributed by atoms with Gasteiger partial charge in [0.05, 0.1) is 0 Å². The molecule has 0 aromatic carbocycles. The molecule has 0 rings (SSSR count). The minimum atomic E-state index is -0.496. The number of rotatable bonds is 14. The van der Waals surface area contributed by atoms with Gasteiger partial charge < -0.3 is 22.9 Å². The summed E-state index contributed by atoms with van der Waals surface area (Å²) in [4.78, 5) is 40.7. The van der Waals surface area contributed by atoms with E-state index >= 15 is 0 Å². The van der Waals surface area contributed by atoms with Gasteiger partial charge >= 0.3 is 0 Å². The first-order valence-electron chi connectivity index (χ1n) is 8.39. The maximum absolute atomic E-state index is 10.4. The van der Waals surface area contributed by atoms with Crippen LogP contribution in [0.2, 0.25) is 0 Å². The molecule has 8 N–H and O–H groups in total. The second kappa shape index (κ2) is 17.2. The number of carbonyl (C=O) groups is 4. The van der Waals surface area contributed by atoms with Crippen LogP contribution in [0.5, 0.6) is 0 Å². The van der Waals surface area contributed by atoms with Crippen molar-refractivity contribution in [3.05, 3.63) is 0 Å². The Labute approximate surface area is 143 Å². The molecule has 8 heteroatoms. The fraction of sp³-hybridized carbons (Fsp3) is 0.750. The Hall–Kier alpha value is -2.12. The molecule has 0 fully saturated rings. The highest BCUT2D eigenvalue weighted by Crippen LogP contribution is 2.10. The fourth-order valence-electron chi connectivity index (χ4n) is 1.91. The quantitative estimate of drug-likeness (QED) is 0.338. The standard InChI is InChI=1S/C12H24N2O2.C4H8N2O2/c13-11(15)9-7-5-3-1-2-4-6-8-10-12(14)16;5-3(7)1-2-4(6)8/h1-10H2,(H2,13,15)(H2,14,16);1-2H2,(H2,5,7)(H2,6,8). The van der Waals surface area contributed by atoms with E-state index in [1.807, 2.05) is 0 Å². The summed E-state index contributed by atoms with van der Waals surface area (Å²) in [5.74, 6) is -1.40. The lowest BCUT2D eigenvalue weighted by Gasteiger charge is -2.01. The van der Waals surface area contributed by atoms with Crippen molar-refractivity contribution in [2.75, 3.05) is 0 Å². The molecule has 24 heavy (non-hydrogen) atoms. The summed E-state index contributed by atoms with van der Waals surface area (Å²) in [6, 6.07) is 0. The van der Waals surface area contributed by atoms with Gasteiger partial charge in [-0.05, 0) is 12.8 Å². The molecule has 140 valence electrons. The molecular formula is C16H32N4O4. The lowest BCUT2D eigenvalue weighted by Crippen LogP contribution is -2.16. The molecule has 0 saturated heterocycles. The molecule has 4 amide bonds. The van der Waals surface area contributed by atoms with Crippen LogP contribution in [0.3, 0.4) is 0 Å². The molecule has 0 aliphatic carbocycles. The highest BCUT2D eigenvalue weighted by atomic mass is 16.2. The molecule has 0 aliphatic rings. The first kappa shape index (κ1) is 24.1. The van der Waals surface area contributed by atoms with E-state index in [1.54, 1.807) is 0 Å². The Balaban J connectivity index is 0. The second-order valence-corrected chi connectivity index (χ2v) is 5.69. The van der Waals surface area contributed by atoms with Crippen LogP contribution >= 0.6 is 0 Å². The Morgan fingerprint density at radius 1 is 0.375 bits per heavy atom. The Kier molecular flexibility index (Phi) is 17.3. The lowest BCUT2D eigenvalue weighted by atomic mass is 10.1. The summed E-state index contributed by atoms with van der Waals surface area (Å²) >= 11 is 0. The van der Waals surface area contributed by atoms with Gasteiger partial charge in [-0.3, -0.25) is 19.2 Å². The van der Waals surface area contributed by atoms with E-state index in [9.17, 15) is 19.2 Å². The van der Waals surface area contributed by atoms with Crippen LogP contribution in [0.4, 0.5) is 0 Å². The molecule has 0 aromatic rings. The zero-order chi connectivity index (χ0) is 18.8. The predicted molar refractivity (Wildman–Crippen MR) is 92.2 cm³/mol.